The van der Waals surface area contributed by atoms with E-state index >= 15 is 0 Å². The Balaban J connectivity index is 1.68. The van der Waals surface area contributed by atoms with Crippen LogP contribution in [-0.4, -0.2) is 9.55 Å². The van der Waals surface area contributed by atoms with Gasteiger partial charge in [0.25, 0.3) is 5.65 Å². The first-order chi connectivity index (χ1) is 15.8. The predicted molar refractivity (Wildman–Crippen MR) is 131 cm³/mol. The van der Waals surface area contributed by atoms with Crippen molar-refractivity contribution in [1.29, 1.82) is 0 Å². The highest BCUT2D eigenvalue weighted by Crippen LogP contribution is 2.31. The van der Waals surface area contributed by atoms with Crippen LogP contribution in [0.3, 0.4) is 0 Å². The number of aryl methyl sites for hydroxylation is 1. The van der Waals surface area contributed by atoms with Gasteiger partial charge in [0, 0.05) is 22.6 Å². The maximum atomic E-state index is 5.08. The van der Waals surface area contributed by atoms with Crippen molar-refractivity contribution in [1.82, 2.24) is 9.55 Å². The quantitative estimate of drug-likeness (QED) is 0.311. The van der Waals surface area contributed by atoms with Gasteiger partial charge in [0.1, 0.15) is 11.2 Å². The largest absolute Gasteiger partial charge is 0.296 e. The molecular weight excluding hydrogens is 390 g/mol. The summed E-state index contributed by atoms with van der Waals surface area (Å²) in [5.74, 6) is 0.915. The Morgan fingerprint density at radius 2 is 1.28 bits per heavy atom. The topological polar surface area (TPSA) is 21.7 Å². The van der Waals surface area contributed by atoms with Crippen molar-refractivity contribution in [3.63, 3.8) is 0 Å². The van der Waals surface area contributed by atoms with Gasteiger partial charge in [-0.15, -0.1) is 0 Å². The zero-order chi connectivity index (χ0) is 21.5. The molecule has 0 saturated heterocycles. The van der Waals surface area contributed by atoms with Crippen molar-refractivity contribution in [2.45, 2.75) is 0 Å². The molecule has 0 amide bonds. The molecule has 32 heavy (non-hydrogen) atoms. The number of para-hydroxylation sites is 1. The molecule has 0 unspecified atom stereocenters. The van der Waals surface area contributed by atoms with Crippen LogP contribution in [0.2, 0.25) is 0 Å². The molecule has 0 aliphatic carbocycles. The summed E-state index contributed by atoms with van der Waals surface area (Å²) in [4.78, 5) is 5.08. The maximum Gasteiger partial charge on any atom is 0.296 e. The first kappa shape index (κ1) is 18.5. The molecule has 0 radical (unpaired) electrons. The highest BCUT2D eigenvalue weighted by molar-refractivity contribution is 6.07. The zero-order valence-corrected chi connectivity index (χ0v) is 17.8. The van der Waals surface area contributed by atoms with Gasteiger partial charge in [-0.25, -0.2) is 9.55 Å². The van der Waals surface area contributed by atoms with Gasteiger partial charge in [0.15, 0.2) is 0 Å². The molecular formula is C29H22N3+. The van der Waals surface area contributed by atoms with Crippen molar-refractivity contribution in [2.75, 3.05) is 0 Å². The molecule has 0 atom stereocenters. The Hall–Kier alpha value is -4.24. The molecule has 0 spiro atoms. The van der Waals surface area contributed by atoms with E-state index in [1.54, 1.807) is 0 Å². The van der Waals surface area contributed by atoms with Crippen LogP contribution in [0, 0.1) is 0 Å². The number of hydrogen-bond acceptors (Lipinski definition) is 1. The Kier molecular flexibility index (Phi) is 4.32. The first-order valence-electron chi connectivity index (χ1n) is 10.8. The summed E-state index contributed by atoms with van der Waals surface area (Å²) in [6, 6.07) is 40.1. The maximum absolute atomic E-state index is 5.08. The van der Waals surface area contributed by atoms with Gasteiger partial charge >= 0.3 is 0 Å². The third-order valence-electron chi connectivity index (χ3n) is 6.08. The van der Waals surface area contributed by atoms with Crippen molar-refractivity contribution >= 4 is 21.9 Å². The van der Waals surface area contributed by atoms with E-state index in [2.05, 4.69) is 125 Å². The van der Waals surface area contributed by atoms with Crippen molar-refractivity contribution in [2.24, 2.45) is 7.05 Å². The van der Waals surface area contributed by atoms with Crippen molar-refractivity contribution in [3.8, 4) is 28.3 Å². The number of nitrogens with zero attached hydrogens (tertiary/aromatic N) is 3. The monoisotopic (exact) mass is 412 g/mol. The van der Waals surface area contributed by atoms with Crippen LogP contribution in [0.25, 0.3) is 50.3 Å². The van der Waals surface area contributed by atoms with Crippen molar-refractivity contribution < 1.29 is 4.57 Å². The number of fused-ring (bicyclic) bond motifs is 3. The number of benzene rings is 3. The molecule has 3 heterocycles. The van der Waals surface area contributed by atoms with E-state index in [1.165, 1.54) is 22.0 Å². The predicted octanol–water partition coefficient (Wildman–Crippen LogP) is 6.34. The molecule has 0 N–H and O–H groups in total. The van der Waals surface area contributed by atoms with E-state index in [-0.39, 0.29) is 0 Å². The van der Waals surface area contributed by atoms with E-state index < -0.39 is 0 Å². The molecule has 152 valence electrons. The lowest BCUT2D eigenvalue weighted by Crippen LogP contribution is -2.33. The standard InChI is InChI=1S/C29H22N3/c1-31-26(22-13-6-3-7-14-22)20-19-24-23-15-8-9-17-27(23)32(29(24)31)28-18-10-16-25(30-28)21-11-4-2-5-12-21/h2-20H,1H3/q+1. The SMILES string of the molecule is C[n+]1c(-c2ccccc2)ccc2c3ccccc3n(-c3cccc(-c4ccccc4)n3)c21. The van der Waals surface area contributed by atoms with Gasteiger partial charge in [0.2, 0.25) is 5.82 Å². The number of hydrogen-bond donors (Lipinski definition) is 0. The second kappa shape index (κ2) is 7.47. The fraction of sp³-hybridized carbons (Fsp3) is 0.0345. The lowest BCUT2D eigenvalue weighted by atomic mass is 10.1. The van der Waals surface area contributed by atoms with E-state index in [1.807, 2.05) is 6.07 Å². The smallest absolute Gasteiger partial charge is 0.229 e. The lowest BCUT2D eigenvalue weighted by molar-refractivity contribution is -0.636. The molecule has 0 saturated carbocycles. The van der Waals surface area contributed by atoms with E-state index in [0.717, 1.165) is 28.2 Å². The molecule has 3 nitrogen and oxygen atoms in total. The molecule has 3 aromatic heterocycles. The summed E-state index contributed by atoms with van der Waals surface area (Å²) in [5, 5.41) is 2.44. The minimum absolute atomic E-state index is 0.915. The van der Waals surface area contributed by atoms with Gasteiger partial charge in [-0.1, -0.05) is 78.9 Å². The first-order valence-corrected chi connectivity index (χ1v) is 10.8. The average molecular weight is 413 g/mol. The molecule has 3 aromatic carbocycles. The summed E-state index contributed by atoms with van der Waals surface area (Å²) < 4.78 is 4.56. The second-order valence-electron chi connectivity index (χ2n) is 7.98. The molecule has 0 aliphatic rings. The van der Waals surface area contributed by atoms with Crippen LogP contribution < -0.4 is 4.57 Å². The molecule has 0 aliphatic heterocycles. The highest BCUT2D eigenvalue weighted by Gasteiger charge is 2.24. The summed E-state index contributed by atoms with van der Waals surface area (Å²) in [6.07, 6.45) is 0. The summed E-state index contributed by atoms with van der Waals surface area (Å²) in [7, 11) is 2.14. The van der Waals surface area contributed by atoms with E-state index in [4.69, 9.17) is 4.98 Å². The van der Waals surface area contributed by atoms with Crippen LogP contribution in [0.5, 0.6) is 0 Å². The molecule has 6 aromatic rings. The third-order valence-corrected chi connectivity index (χ3v) is 6.08. The zero-order valence-electron chi connectivity index (χ0n) is 17.8. The number of aromatic nitrogens is 3. The lowest BCUT2D eigenvalue weighted by Gasteiger charge is -2.08. The van der Waals surface area contributed by atoms with Crippen LogP contribution in [-0.2, 0) is 7.05 Å². The Morgan fingerprint density at radius 1 is 0.594 bits per heavy atom. The molecule has 6 rings (SSSR count). The third kappa shape index (κ3) is 2.90. The van der Waals surface area contributed by atoms with Crippen LogP contribution in [0.1, 0.15) is 0 Å². The second-order valence-corrected chi connectivity index (χ2v) is 7.98. The Labute approximate surface area is 186 Å². The van der Waals surface area contributed by atoms with Gasteiger partial charge in [0.05, 0.1) is 18.1 Å². The van der Waals surface area contributed by atoms with Gasteiger partial charge < -0.3 is 0 Å². The minimum Gasteiger partial charge on any atom is -0.229 e. The number of rotatable bonds is 3. The van der Waals surface area contributed by atoms with Gasteiger partial charge in [-0.2, -0.15) is 4.57 Å². The van der Waals surface area contributed by atoms with Crippen LogP contribution >= 0.6 is 0 Å². The van der Waals surface area contributed by atoms with Crippen LogP contribution in [0.4, 0.5) is 0 Å². The Bertz CT molecular complexity index is 1560. The van der Waals surface area contributed by atoms with Gasteiger partial charge in [-0.3, -0.25) is 0 Å². The number of pyridine rings is 2. The summed E-state index contributed by atoms with van der Waals surface area (Å²) in [5.41, 5.74) is 6.73. The highest BCUT2D eigenvalue weighted by atomic mass is 15.2. The molecule has 3 heteroatoms. The fourth-order valence-corrected chi connectivity index (χ4v) is 4.58. The molecule has 0 bridgehead atoms. The molecule has 0 fully saturated rings. The minimum atomic E-state index is 0.915. The van der Waals surface area contributed by atoms with Crippen LogP contribution in [0.15, 0.2) is 115 Å². The van der Waals surface area contributed by atoms with Gasteiger partial charge in [-0.05, 0) is 30.3 Å². The Morgan fingerprint density at radius 3 is 2.06 bits per heavy atom. The van der Waals surface area contributed by atoms with Crippen molar-refractivity contribution in [3.05, 3.63) is 115 Å². The fourth-order valence-electron chi connectivity index (χ4n) is 4.58. The average Bonchev–Trinajstić information content (AvgIpc) is 3.21. The van der Waals surface area contributed by atoms with E-state index in [0.29, 0.717) is 0 Å². The summed E-state index contributed by atoms with van der Waals surface area (Å²) >= 11 is 0. The normalized spacial score (nSPS) is 11.3. The van der Waals surface area contributed by atoms with E-state index in [9.17, 15) is 0 Å². The summed E-state index contributed by atoms with van der Waals surface area (Å²) in [6.45, 7) is 0.